The average molecular weight is 494 g/mol. The van der Waals surface area contributed by atoms with Gasteiger partial charge in [-0.1, -0.05) is 12.1 Å². The Bertz CT molecular complexity index is 1120. The standard InChI is InChI=1S/C22H27N3O8S/c1-30-16-6-4-15(5-7-16)13-23-21(26)22(27)24-14-20-25(10-11-33-20)34(28,29)17-8-9-18(31-2)19(12-17)32-3/h4-9,12,20H,10-11,13-14H2,1-3H3,(H,23,26)(H,24,27)/t20-/m1/s1. The number of nitrogens with one attached hydrogen (secondary N) is 2. The van der Waals surface area contributed by atoms with Crippen molar-refractivity contribution in [2.24, 2.45) is 0 Å². The van der Waals surface area contributed by atoms with Crippen molar-refractivity contribution < 1.29 is 37.0 Å². The second-order valence-corrected chi connectivity index (χ2v) is 9.09. The monoisotopic (exact) mass is 493 g/mol. The smallest absolute Gasteiger partial charge is 0.309 e. The first kappa shape index (κ1) is 25.3. The summed E-state index contributed by atoms with van der Waals surface area (Å²) in [4.78, 5) is 24.3. The number of nitrogens with zero attached hydrogens (tertiary/aromatic N) is 1. The zero-order chi connectivity index (χ0) is 24.7. The van der Waals surface area contributed by atoms with E-state index in [1.165, 1.54) is 32.4 Å². The minimum Gasteiger partial charge on any atom is -0.497 e. The lowest BCUT2D eigenvalue weighted by atomic mass is 10.2. The Kier molecular flexibility index (Phi) is 8.31. The summed E-state index contributed by atoms with van der Waals surface area (Å²) in [5.41, 5.74) is 0.785. The molecule has 0 bridgehead atoms. The number of carbonyl (C=O) groups is 2. The highest BCUT2D eigenvalue weighted by molar-refractivity contribution is 7.89. The van der Waals surface area contributed by atoms with Gasteiger partial charge in [0.1, 0.15) is 12.0 Å². The first-order valence-electron chi connectivity index (χ1n) is 10.3. The van der Waals surface area contributed by atoms with Crippen LogP contribution in [0.1, 0.15) is 5.56 Å². The molecule has 2 amide bonds. The summed E-state index contributed by atoms with van der Waals surface area (Å²) in [6.07, 6.45) is -0.962. The topological polar surface area (TPSA) is 132 Å². The van der Waals surface area contributed by atoms with Crippen molar-refractivity contribution in [3.63, 3.8) is 0 Å². The van der Waals surface area contributed by atoms with Gasteiger partial charge in [-0.3, -0.25) is 9.59 Å². The minimum absolute atomic E-state index is 0.00999. The molecule has 12 heteroatoms. The van der Waals surface area contributed by atoms with Gasteiger partial charge in [-0.15, -0.1) is 0 Å². The van der Waals surface area contributed by atoms with Crippen LogP contribution >= 0.6 is 0 Å². The number of rotatable bonds is 9. The molecule has 34 heavy (non-hydrogen) atoms. The highest BCUT2D eigenvalue weighted by Gasteiger charge is 2.37. The third kappa shape index (κ3) is 5.76. The summed E-state index contributed by atoms with van der Waals surface area (Å²) in [6.45, 7) is 0.203. The lowest BCUT2D eigenvalue weighted by molar-refractivity contribution is -0.139. The molecule has 1 atom stereocenters. The summed E-state index contributed by atoms with van der Waals surface area (Å²) >= 11 is 0. The Morgan fingerprint density at radius 2 is 1.65 bits per heavy atom. The maximum absolute atomic E-state index is 13.1. The molecule has 0 spiro atoms. The van der Waals surface area contributed by atoms with Crippen LogP contribution < -0.4 is 24.8 Å². The van der Waals surface area contributed by atoms with Crippen LogP contribution in [0.5, 0.6) is 17.2 Å². The normalized spacial score (nSPS) is 16.0. The fourth-order valence-electron chi connectivity index (χ4n) is 3.32. The number of carbonyl (C=O) groups excluding carboxylic acids is 2. The quantitative estimate of drug-likeness (QED) is 0.483. The van der Waals surface area contributed by atoms with E-state index in [4.69, 9.17) is 18.9 Å². The number of methoxy groups -OCH3 is 3. The van der Waals surface area contributed by atoms with Crippen molar-refractivity contribution in [3.8, 4) is 17.2 Å². The fraction of sp³-hybridized carbons (Fsp3) is 0.364. The molecule has 2 N–H and O–H groups in total. The molecule has 1 heterocycles. The minimum atomic E-state index is -3.95. The van der Waals surface area contributed by atoms with Gasteiger partial charge < -0.3 is 29.6 Å². The van der Waals surface area contributed by atoms with E-state index in [2.05, 4.69) is 10.6 Å². The number of ether oxygens (including phenoxy) is 4. The first-order chi connectivity index (χ1) is 16.3. The van der Waals surface area contributed by atoms with E-state index in [0.717, 1.165) is 9.87 Å². The van der Waals surface area contributed by atoms with E-state index in [9.17, 15) is 18.0 Å². The Hall–Kier alpha value is -3.35. The Labute approximate surface area is 198 Å². The predicted octanol–water partition coefficient (Wildman–Crippen LogP) is 0.492. The van der Waals surface area contributed by atoms with E-state index in [1.54, 1.807) is 31.4 Å². The van der Waals surface area contributed by atoms with Crippen LogP contribution in [0.15, 0.2) is 47.4 Å². The second-order valence-electron chi connectivity index (χ2n) is 7.20. The summed E-state index contributed by atoms with van der Waals surface area (Å²) in [7, 11) is 0.455. The highest BCUT2D eigenvalue weighted by Crippen LogP contribution is 2.31. The van der Waals surface area contributed by atoms with Gasteiger partial charge in [0.25, 0.3) is 0 Å². The summed E-state index contributed by atoms with van der Waals surface area (Å²) in [5, 5.41) is 4.94. The molecule has 0 aromatic heterocycles. The van der Waals surface area contributed by atoms with Crippen molar-refractivity contribution in [1.29, 1.82) is 0 Å². The fourth-order valence-corrected chi connectivity index (χ4v) is 4.85. The van der Waals surface area contributed by atoms with Gasteiger partial charge in [0.05, 0.1) is 39.4 Å². The molecule has 2 aromatic carbocycles. The maximum Gasteiger partial charge on any atom is 0.309 e. The van der Waals surface area contributed by atoms with E-state index < -0.39 is 28.1 Å². The second kappa shape index (κ2) is 11.2. The largest absolute Gasteiger partial charge is 0.497 e. The molecule has 0 radical (unpaired) electrons. The molecular formula is C22H27N3O8S. The summed E-state index contributed by atoms with van der Waals surface area (Å²) < 4.78 is 48.3. The van der Waals surface area contributed by atoms with Crippen molar-refractivity contribution in [2.45, 2.75) is 17.7 Å². The molecule has 2 aromatic rings. The number of hydrogen-bond donors (Lipinski definition) is 2. The molecule has 3 rings (SSSR count). The molecule has 1 aliphatic rings. The van der Waals surface area contributed by atoms with Gasteiger partial charge in [-0.2, -0.15) is 4.31 Å². The number of hydrogen-bond acceptors (Lipinski definition) is 8. The van der Waals surface area contributed by atoms with Gasteiger partial charge in [-0.25, -0.2) is 8.42 Å². The van der Waals surface area contributed by atoms with Crippen LogP contribution in [-0.2, 0) is 30.9 Å². The maximum atomic E-state index is 13.1. The van der Waals surface area contributed by atoms with E-state index >= 15 is 0 Å². The molecule has 1 saturated heterocycles. The molecule has 11 nitrogen and oxygen atoms in total. The van der Waals surface area contributed by atoms with Gasteiger partial charge in [0, 0.05) is 19.2 Å². The molecule has 1 fully saturated rings. The highest BCUT2D eigenvalue weighted by atomic mass is 32.2. The van der Waals surface area contributed by atoms with E-state index in [1.807, 2.05) is 0 Å². The molecule has 0 aliphatic carbocycles. The van der Waals surface area contributed by atoms with Gasteiger partial charge in [0.15, 0.2) is 11.5 Å². The van der Waals surface area contributed by atoms with Crippen molar-refractivity contribution >= 4 is 21.8 Å². The molecule has 0 saturated carbocycles. The van der Waals surface area contributed by atoms with Gasteiger partial charge in [0.2, 0.25) is 10.0 Å². The van der Waals surface area contributed by atoms with Crippen LogP contribution in [0.4, 0.5) is 0 Å². The van der Waals surface area contributed by atoms with Gasteiger partial charge in [-0.05, 0) is 29.8 Å². The SMILES string of the molecule is COc1ccc(CNC(=O)C(=O)NC[C@H]2OCCN2S(=O)(=O)c2ccc(OC)c(OC)c2)cc1. The Morgan fingerprint density at radius 3 is 2.29 bits per heavy atom. The molecule has 1 aliphatic heterocycles. The van der Waals surface area contributed by atoms with E-state index in [-0.39, 0.29) is 36.9 Å². The van der Waals surface area contributed by atoms with Crippen LogP contribution in [0.2, 0.25) is 0 Å². The Morgan fingerprint density at radius 1 is 0.971 bits per heavy atom. The first-order valence-corrected chi connectivity index (χ1v) is 11.8. The zero-order valence-electron chi connectivity index (χ0n) is 19.1. The van der Waals surface area contributed by atoms with Crippen LogP contribution in [0.3, 0.4) is 0 Å². The third-order valence-electron chi connectivity index (χ3n) is 5.16. The van der Waals surface area contributed by atoms with Crippen molar-refractivity contribution in [2.75, 3.05) is 41.0 Å². The van der Waals surface area contributed by atoms with Crippen molar-refractivity contribution in [1.82, 2.24) is 14.9 Å². The lowest BCUT2D eigenvalue weighted by Gasteiger charge is -2.23. The summed E-state index contributed by atoms with van der Waals surface area (Å²) in [6, 6.07) is 11.3. The number of sulfonamides is 1. The number of amides is 2. The summed E-state index contributed by atoms with van der Waals surface area (Å²) in [5.74, 6) is -0.404. The van der Waals surface area contributed by atoms with Crippen LogP contribution in [-0.4, -0.2) is 71.8 Å². The van der Waals surface area contributed by atoms with Crippen LogP contribution in [0, 0.1) is 0 Å². The molecule has 184 valence electrons. The predicted molar refractivity (Wildman–Crippen MR) is 121 cm³/mol. The van der Waals surface area contributed by atoms with Crippen LogP contribution in [0.25, 0.3) is 0 Å². The third-order valence-corrected chi connectivity index (χ3v) is 7.05. The Balaban J connectivity index is 1.58. The zero-order valence-corrected chi connectivity index (χ0v) is 19.9. The average Bonchev–Trinajstić information content (AvgIpc) is 3.35. The molecule has 0 unspecified atom stereocenters. The van der Waals surface area contributed by atoms with Gasteiger partial charge >= 0.3 is 11.8 Å². The number of benzene rings is 2. The molecular weight excluding hydrogens is 466 g/mol. The van der Waals surface area contributed by atoms with E-state index in [0.29, 0.717) is 11.5 Å². The van der Waals surface area contributed by atoms with Crippen molar-refractivity contribution in [3.05, 3.63) is 48.0 Å². The lowest BCUT2D eigenvalue weighted by Crippen LogP contribution is -2.47.